The molecule has 0 saturated heterocycles. The first-order valence-electron chi connectivity index (χ1n) is 5.66. The molecule has 0 aliphatic rings. The van der Waals surface area contributed by atoms with Crippen LogP contribution in [0.1, 0.15) is 20.3 Å². The fraction of sp³-hybridized carbons (Fsp3) is 0.818. The lowest BCUT2D eigenvalue weighted by Crippen LogP contribution is -2.32. The fourth-order valence-electron chi connectivity index (χ4n) is 1.41. The van der Waals surface area contributed by atoms with Gasteiger partial charge in [0.1, 0.15) is 0 Å². The number of ether oxygens (including phenoxy) is 1. The molecule has 100 valence electrons. The topological polar surface area (TPSA) is 73.3 Å². The van der Waals surface area contributed by atoms with Crippen LogP contribution in [0.4, 0.5) is 0 Å². The Morgan fingerprint density at radius 2 is 1.81 bits per heavy atom. The van der Waals surface area contributed by atoms with Crippen molar-refractivity contribution in [3.8, 4) is 0 Å². The quantitative estimate of drug-likeness (QED) is 0.323. The maximum atomic E-state index is 6.22. The summed E-state index contributed by atoms with van der Waals surface area (Å²) < 4.78 is 5.50. The Balaban J connectivity index is 4.91. The molecule has 16 heavy (non-hydrogen) atoms. The van der Waals surface area contributed by atoms with Crippen molar-refractivity contribution in [1.82, 2.24) is 5.43 Å². The summed E-state index contributed by atoms with van der Waals surface area (Å²) in [6, 6.07) is 0. The summed E-state index contributed by atoms with van der Waals surface area (Å²) in [5.41, 5.74) is 9.86. The molecule has 4 nitrogen and oxygen atoms in total. The van der Waals surface area contributed by atoms with Crippen LogP contribution in [0.2, 0.25) is 0 Å². The molecule has 0 spiro atoms. The molecule has 0 aliphatic carbocycles. The summed E-state index contributed by atoms with van der Waals surface area (Å²) in [4.78, 5) is 0. The zero-order chi connectivity index (χ0) is 13.0. The first-order valence-corrected chi connectivity index (χ1v) is 9.69. The van der Waals surface area contributed by atoms with E-state index in [0.29, 0.717) is 6.61 Å². The molecule has 0 aromatic carbocycles. The lowest BCUT2D eigenvalue weighted by Gasteiger charge is -2.48. The van der Waals surface area contributed by atoms with Crippen LogP contribution >= 0.6 is 9.16 Å². The number of thiol groups is 1. The Morgan fingerprint density at radius 1 is 1.31 bits per heavy atom. The van der Waals surface area contributed by atoms with Crippen LogP contribution in [-0.2, 0) is 4.74 Å². The van der Waals surface area contributed by atoms with Crippen molar-refractivity contribution in [2.45, 2.75) is 26.4 Å². The van der Waals surface area contributed by atoms with Crippen molar-refractivity contribution >= 4 is 9.16 Å². The van der Waals surface area contributed by atoms with E-state index in [1.807, 2.05) is 13.8 Å². The molecule has 1 unspecified atom stereocenters. The zero-order valence-electron chi connectivity index (χ0n) is 11.5. The van der Waals surface area contributed by atoms with E-state index in [0.717, 1.165) is 17.1 Å². The number of hydrogen-bond donors (Lipinski definition) is 4. The fourth-order valence-corrected chi connectivity index (χ4v) is 2.64. The first-order chi connectivity index (χ1) is 7.08. The van der Waals surface area contributed by atoms with Gasteiger partial charge in [0, 0.05) is 13.0 Å². The van der Waals surface area contributed by atoms with Crippen LogP contribution in [0.25, 0.3) is 0 Å². The van der Waals surface area contributed by atoms with Crippen molar-refractivity contribution in [3.63, 3.8) is 0 Å². The molecule has 0 aromatic heterocycles. The third-order valence-electron chi connectivity index (χ3n) is 2.39. The minimum Gasteiger partial charge on any atom is -0.394 e. The average Bonchev–Trinajstić information content (AvgIpc) is 2.11. The van der Waals surface area contributed by atoms with Crippen LogP contribution in [0.3, 0.4) is 0 Å². The molecular weight excluding hydrogens is 222 g/mol. The highest BCUT2D eigenvalue weighted by Gasteiger charge is 2.25. The highest BCUT2D eigenvalue weighted by Crippen LogP contribution is 2.61. The van der Waals surface area contributed by atoms with Gasteiger partial charge in [0.05, 0.1) is 16.8 Å². The molecule has 1 atom stereocenters. The van der Waals surface area contributed by atoms with Crippen molar-refractivity contribution in [1.29, 1.82) is 0 Å². The standard InChI is InChI=1S/C11H29N3OS/c1-7-15-9(2)8-10(14-13)11(12)16(3,4,5)6/h9,14,16H,7-8,12-13H2,1-6H3/b11-10+. The van der Waals surface area contributed by atoms with Crippen LogP contribution in [0.15, 0.2) is 10.7 Å². The average molecular weight is 251 g/mol. The highest BCUT2D eigenvalue weighted by molar-refractivity contribution is 8.50. The largest absolute Gasteiger partial charge is 0.394 e. The second-order valence-electron chi connectivity index (χ2n) is 6.06. The highest BCUT2D eigenvalue weighted by atomic mass is 32.3. The van der Waals surface area contributed by atoms with Gasteiger partial charge in [-0.15, -0.1) is 0 Å². The van der Waals surface area contributed by atoms with Gasteiger partial charge in [0.25, 0.3) is 0 Å². The maximum Gasteiger partial charge on any atom is 0.0602 e. The van der Waals surface area contributed by atoms with Gasteiger partial charge in [-0.05, 0) is 38.9 Å². The zero-order valence-corrected chi connectivity index (χ0v) is 12.4. The van der Waals surface area contributed by atoms with Crippen molar-refractivity contribution < 1.29 is 4.74 Å². The molecule has 0 aromatic rings. The second kappa shape index (κ2) is 5.29. The molecule has 0 heterocycles. The number of nitrogens with one attached hydrogen (secondary N) is 1. The third kappa shape index (κ3) is 5.09. The minimum absolute atomic E-state index is 0.133. The van der Waals surface area contributed by atoms with Gasteiger partial charge in [0.15, 0.2) is 0 Å². The first kappa shape index (κ1) is 15.6. The second-order valence-corrected chi connectivity index (χ2v) is 13.7. The molecule has 5 N–H and O–H groups in total. The molecule has 0 saturated carbocycles. The SMILES string of the molecule is CCOC(C)C/C(NN)=C(/N)[SH](C)(C)(C)C. The number of nitrogens with two attached hydrogens (primary N) is 2. The van der Waals surface area contributed by atoms with Gasteiger partial charge in [-0.2, -0.15) is 0 Å². The predicted molar refractivity (Wildman–Crippen MR) is 76.9 cm³/mol. The van der Waals surface area contributed by atoms with Gasteiger partial charge in [-0.25, -0.2) is 0 Å². The monoisotopic (exact) mass is 251 g/mol. The van der Waals surface area contributed by atoms with Gasteiger partial charge in [0.2, 0.25) is 0 Å². The normalized spacial score (nSPS) is 18.3. The molecule has 0 fully saturated rings. The van der Waals surface area contributed by atoms with E-state index in [9.17, 15) is 0 Å². The summed E-state index contributed by atoms with van der Waals surface area (Å²) in [5, 5.41) is 0.903. The van der Waals surface area contributed by atoms with Crippen LogP contribution in [0.5, 0.6) is 0 Å². The van der Waals surface area contributed by atoms with Crippen LogP contribution < -0.4 is 17.0 Å². The smallest absolute Gasteiger partial charge is 0.0602 e. The summed E-state index contributed by atoms with van der Waals surface area (Å²) in [6.07, 6.45) is 9.71. The Kier molecular flexibility index (Phi) is 5.16. The van der Waals surface area contributed by atoms with Gasteiger partial charge in [-0.3, -0.25) is 15.0 Å². The number of hydrogen-bond acceptors (Lipinski definition) is 4. The molecular formula is C11H29N3OS. The summed E-state index contributed by atoms with van der Waals surface area (Å²) in [5.74, 6) is 5.55. The Hall–Kier alpha value is -0.390. The third-order valence-corrected chi connectivity index (χ3v) is 4.59. The van der Waals surface area contributed by atoms with Crippen molar-refractivity contribution in [2.24, 2.45) is 11.6 Å². The van der Waals surface area contributed by atoms with E-state index in [2.05, 4.69) is 30.4 Å². The van der Waals surface area contributed by atoms with E-state index in [-0.39, 0.29) is 6.10 Å². The number of rotatable bonds is 6. The summed E-state index contributed by atoms with van der Waals surface area (Å²) in [6.45, 7) is 4.72. The molecule has 0 aliphatic heterocycles. The Morgan fingerprint density at radius 3 is 2.12 bits per heavy atom. The van der Waals surface area contributed by atoms with E-state index in [4.69, 9.17) is 16.3 Å². The van der Waals surface area contributed by atoms with Crippen LogP contribution in [0, 0.1) is 0 Å². The number of hydrazine groups is 1. The van der Waals surface area contributed by atoms with E-state index >= 15 is 0 Å². The minimum atomic E-state index is -1.94. The van der Waals surface area contributed by atoms with Crippen LogP contribution in [-0.4, -0.2) is 37.7 Å². The summed E-state index contributed by atoms with van der Waals surface area (Å²) in [7, 11) is -1.94. The van der Waals surface area contributed by atoms with E-state index in [1.165, 1.54) is 0 Å². The molecule has 5 heteroatoms. The predicted octanol–water partition coefficient (Wildman–Crippen LogP) is 0.984. The molecule has 0 rings (SSSR count). The maximum absolute atomic E-state index is 6.22. The van der Waals surface area contributed by atoms with Crippen molar-refractivity contribution in [2.75, 3.05) is 31.6 Å². The molecule has 0 radical (unpaired) electrons. The van der Waals surface area contributed by atoms with E-state index in [1.54, 1.807) is 0 Å². The molecule has 0 bridgehead atoms. The Labute approximate surface area is 100 Å². The molecule has 0 amide bonds. The van der Waals surface area contributed by atoms with Gasteiger partial charge in [-0.1, -0.05) is 0 Å². The lowest BCUT2D eigenvalue weighted by molar-refractivity contribution is 0.0756. The van der Waals surface area contributed by atoms with Crippen molar-refractivity contribution in [3.05, 3.63) is 10.7 Å². The Bertz CT molecular complexity index is 259. The van der Waals surface area contributed by atoms with Gasteiger partial charge >= 0.3 is 0 Å². The lowest BCUT2D eigenvalue weighted by atomic mass is 10.2. The van der Waals surface area contributed by atoms with E-state index < -0.39 is 9.16 Å². The van der Waals surface area contributed by atoms with Gasteiger partial charge < -0.3 is 15.9 Å². The summed E-state index contributed by atoms with van der Waals surface area (Å²) >= 11 is 0.